The molecule has 0 N–H and O–H groups in total. The fourth-order valence-corrected chi connectivity index (χ4v) is 11.1. The monoisotopic (exact) mass is 739 g/mol. The summed E-state index contributed by atoms with van der Waals surface area (Å²) >= 11 is 0. The number of benzene rings is 7. The van der Waals surface area contributed by atoms with Crippen molar-refractivity contribution in [1.82, 2.24) is 0 Å². The quantitative estimate of drug-likeness (QED) is 0.167. The van der Waals surface area contributed by atoms with Gasteiger partial charge in [0.1, 0.15) is 17.2 Å². The number of allylic oxidation sites excluding steroid dienone is 2. The molecule has 1 aromatic heterocycles. The second-order valence-electron chi connectivity index (χ2n) is 16.6. The topological polar surface area (TPSA) is 16.4 Å². The molecule has 276 valence electrons. The Morgan fingerprint density at radius 2 is 1.25 bits per heavy atom. The van der Waals surface area contributed by atoms with Gasteiger partial charge in [0.15, 0.2) is 0 Å². The zero-order valence-corrected chi connectivity index (χ0v) is 32.6. The zero-order chi connectivity index (χ0) is 38.7. The Morgan fingerprint density at radius 3 is 2.04 bits per heavy atom. The van der Waals surface area contributed by atoms with Crippen molar-refractivity contribution in [2.75, 3.05) is 4.90 Å². The van der Waals surface area contributed by atoms with Crippen LogP contribution in [-0.2, 0) is 10.8 Å². The maximum Gasteiger partial charge on any atom is 0.134 e. The Morgan fingerprint density at radius 1 is 0.596 bits per heavy atom. The van der Waals surface area contributed by atoms with E-state index < -0.39 is 16.4 Å². The van der Waals surface area contributed by atoms with Crippen molar-refractivity contribution >= 4 is 33.1 Å². The molecule has 1 aliphatic heterocycles. The van der Waals surface area contributed by atoms with Crippen LogP contribution in [0.3, 0.4) is 0 Å². The molecule has 0 amide bonds. The summed E-state index contributed by atoms with van der Waals surface area (Å²) in [5, 5.41) is 3.53. The van der Waals surface area contributed by atoms with Gasteiger partial charge in [-0.2, -0.15) is 0 Å². The van der Waals surface area contributed by atoms with Gasteiger partial charge in [-0.1, -0.05) is 146 Å². The van der Waals surface area contributed by atoms with Crippen LogP contribution < -0.4 is 4.90 Å². The minimum atomic E-state index is -0.585. The molecule has 2 nitrogen and oxygen atoms in total. The minimum Gasteiger partial charge on any atom is -0.459 e. The van der Waals surface area contributed by atoms with Gasteiger partial charge in [-0.05, 0) is 112 Å². The van der Waals surface area contributed by atoms with E-state index in [2.05, 4.69) is 184 Å². The summed E-state index contributed by atoms with van der Waals surface area (Å²) < 4.78 is 21.4. The van der Waals surface area contributed by atoms with E-state index >= 15 is 0 Å². The SMILES string of the molecule is CC1C2=C3C(C)(c4ccccc4N(c4ccc(-c5ccccc5)cc4)C3(C)C=CC2(C)c2cccc3cccc(-c4ccc(F)cc4)c23)c2oc3ccccc3c21. The number of nitrogens with zero attached hydrogens (tertiary/aromatic N) is 1. The molecule has 0 radical (unpaired) electrons. The third-order valence-electron chi connectivity index (χ3n) is 13.5. The van der Waals surface area contributed by atoms with Gasteiger partial charge in [0.2, 0.25) is 0 Å². The van der Waals surface area contributed by atoms with E-state index in [4.69, 9.17) is 4.42 Å². The van der Waals surface area contributed by atoms with E-state index in [0.717, 1.165) is 33.5 Å². The van der Waals surface area contributed by atoms with Gasteiger partial charge in [0, 0.05) is 33.7 Å². The third kappa shape index (κ3) is 4.57. The van der Waals surface area contributed by atoms with Crippen LogP contribution in [0.2, 0.25) is 0 Å². The third-order valence-corrected chi connectivity index (χ3v) is 13.5. The van der Waals surface area contributed by atoms with Crippen molar-refractivity contribution in [2.24, 2.45) is 0 Å². The molecule has 0 saturated carbocycles. The number of hydrogen-bond donors (Lipinski definition) is 0. The first kappa shape index (κ1) is 33.9. The molecule has 3 aliphatic rings. The first-order valence-electron chi connectivity index (χ1n) is 20.0. The second kappa shape index (κ2) is 12.0. The van der Waals surface area contributed by atoms with Crippen molar-refractivity contribution < 1.29 is 8.81 Å². The van der Waals surface area contributed by atoms with Gasteiger partial charge in [0.25, 0.3) is 0 Å². The summed E-state index contributed by atoms with van der Waals surface area (Å²) in [6.45, 7) is 9.64. The largest absolute Gasteiger partial charge is 0.459 e. The summed E-state index contributed by atoms with van der Waals surface area (Å²) in [4.78, 5) is 2.57. The number of furan rings is 1. The summed E-state index contributed by atoms with van der Waals surface area (Å²) in [6.07, 6.45) is 4.97. The van der Waals surface area contributed by atoms with Crippen LogP contribution in [-0.4, -0.2) is 5.54 Å². The van der Waals surface area contributed by atoms with Crippen molar-refractivity contribution in [3.8, 4) is 22.3 Å². The lowest BCUT2D eigenvalue weighted by atomic mass is 9.50. The fourth-order valence-electron chi connectivity index (χ4n) is 11.1. The van der Waals surface area contributed by atoms with E-state index in [1.807, 2.05) is 12.1 Å². The average Bonchev–Trinajstić information content (AvgIpc) is 3.65. The van der Waals surface area contributed by atoms with Crippen LogP contribution in [0, 0.1) is 5.82 Å². The van der Waals surface area contributed by atoms with Gasteiger partial charge in [0.05, 0.1) is 11.0 Å². The lowest BCUT2D eigenvalue weighted by molar-refractivity contribution is 0.375. The number of halogens is 1. The smallest absolute Gasteiger partial charge is 0.134 e. The Hall–Kier alpha value is -6.45. The molecule has 0 bridgehead atoms. The summed E-state index contributed by atoms with van der Waals surface area (Å²) in [7, 11) is 0. The highest BCUT2D eigenvalue weighted by Gasteiger charge is 2.61. The molecule has 3 heteroatoms. The Labute approximate surface area is 333 Å². The Balaban J connectivity index is 1.23. The molecule has 8 aromatic rings. The van der Waals surface area contributed by atoms with Crippen LogP contribution in [0.15, 0.2) is 192 Å². The second-order valence-corrected chi connectivity index (χ2v) is 16.6. The summed E-state index contributed by atoms with van der Waals surface area (Å²) in [6, 6.07) is 57.4. The van der Waals surface area contributed by atoms with Crippen molar-refractivity contribution in [3.63, 3.8) is 0 Å². The highest BCUT2D eigenvalue weighted by Crippen LogP contribution is 2.67. The molecular weight excluding hydrogens is 698 g/mol. The Bertz CT molecular complexity index is 2970. The number of para-hydroxylation sites is 2. The van der Waals surface area contributed by atoms with Gasteiger partial charge in [-0.15, -0.1) is 0 Å². The fraction of sp³-hybridized carbons (Fsp3) is 0.148. The number of fused-ring (bicyclic) bond motifs is 7. The average molecular weight is 740 g/mol. The summed E-state index contributed by atoms with van der Waals surface area (Å²) in [5.74, 6) is 0.833. The summed E-state index contributed by atoms with van der Waals surface area (Å²) in [5.41, 5.74) is 12.6. The molecule has 7 aromatic carbocycles. The van der Waals surface area contributed by atoms with Crippen LogP contribution in [0.25, 0.3) is 44.0 Å². The van der Waals surface area contributed by atoms with Gasteiger partial charge < -0.3 is 9.32 Å². The van der Waals surface area contributed by atoms with Crippen LogP contribution >= 0.6 is 0 Å². The molecule has 4 unspecified atom stereocenters. The van der Waals surface area contributed by atoms with Crippen LogP contribution in [0.5, 0.6) is 0 Å². The van der Waals surface area contributed by atoms with E-state index in [-0.39, 0.29) is 11.7 Å². The molecule has 0 saturated heterocycles. The number of anilines is 2. The van der Waals surface area contributed by atoms with Crippen LogP contribution in [0.1, 0.15) is 56.1 Å². The first-order valence-corrected chi connectivity index (χ1v) is 20.0. The molecular formula is C54H42FNO. The highest BCUT2D eigenvalue weighted by molar-refractivity contribution is 6.01. The molecule has 0 spiro atoms. The van der Waals surface area contributed by atoms with E-state index in [9.17, 15) is 4.39 Å². The minimum absolute atomic E-state index is 0.0295. The number of hydrogen-bond acceptors (Lipinski definition) is 2. The highest BCUT2D eigenvalue weighted by atomic mass is 19.1. The maximum absolute atomic E-state index is 14.3. The van der Waals surface area contributed by atoms with Gasteiger partial charge in [-0.3, -0.25) is 0 Å². The maximum atomic E-state index is 14.3. The first-order chi connectivity index (χ1) is 27.7. The molecule has 2 aliphatic carbocycles. The van der Waals surface area contributed by atoms with Crippen molar-refractivity contribution in [3.05, 3.63) is 215 Å². The van der Waals surface area contributed by atoms with Crippen LogP contribution in [0.4, 0.5) is 15.8 Å². The zero-order valence-electron chi connectivity index (χ0n) is 32.6. The molecule has 57 heavy (non-hydrogen) atoms. The van der Waals surface area contributed by atoms with E-state index in [0.29, 0.717) is 0 Å². The van der Waals surface area contributed by atoms with Crippen molar-refractivity contribution in [1.29, 1.82) is 0 Å². The van der Waals surface area contributed by atoms with Gasteiger partial charge in [-0.25, -0.2) is 4.39 Å². The molecule has 2 heterocycles. The van der Waals surface area contributed by atoms with Gasteiger partial charge >= 0.3 is 0 Å². The normalized spacial score (nSPS) is 23.4. The van der Waals surface area contributed by atoms with E-state index in [1.54, 1.807) is 12.1 Å². The lowest BCUT2D eigenvalue weighted by Crippen LogP contribution is -2.59. The van der Waals surface area contributed by atoms with E-state index in [1.165, 1.54) is 55.4 Å². The molecule has 0 fully saturated rings. The molecule has 11 rings (SSSR count). The molecule has 4 atom stereocenters. The predicted molar refractivity (Wildman–Crippen MR) is 233 cm³/mol. The predicted octanol–water partition coefficient (Wildman–Crippen LogP) is 14.2. The number of rotatable bonds is 4. The lowest BCUT2D eigenvalue weighted by Gasteiger charge is -2.60. The van der Waals surface area contributed by atoms with Crippen molar-refractivity contribution in [2.45, 2.75) is 50.0 Å². The Kier molecular flexibility index (Phi) is 7.14. The standard InChI is InChI=1S/C54H42FNO/c1-34-47-42-18-8-11-23-46(42)57-51(47)54(4)43-20-9-10-22-45(43)56(40-30-26-36(27-31-40)35-14-6-5-7-15-35)53(3)33-32-52(2,49(34)50(53)54)44-21-13-17-38-16-12-19-41(48(38)44)37-24-28-39(55)29-25-37/h5-34H,1-4H3.